The molecule has 2 fully saturated rings. The number of hydrogen-bond acceptors (Lipinski definition) is 5. The average molecular weight is 443 g/mol. The molecule has 2 amide bonds. The van der Waals surface area contributed by atoms with E-state index in [1.807, 2.05) is 4.90 Å². The number of ether oxygens (including phenoxy) is 1. The second-order valence-electron chi connectivity index (χ2n) is 7.09. The van der Waals surface area contributed by atoms with E-state index in [9.17, 15) is 14.0 Å². The largest absolute Gasteiger partial charge is 0.442 e. The number of hydrogen-bond donors (Lipinski definition) is 1. The van der Waals surface area contributed by atoms with Gasteiger partial charge in [0.2, 0.25) is 0 Å². The maximum atomic E-state index is 14.7. The lowest BCUT2D eigenvalue weighted by molar-refractivity contribution is -0.119. The van der Waals surface area contributed by atoms with Gasteiger partial charge >= 0.3 is 6.09 Å². The van der Waals surface area contributed by atoms with Gasteiger partial charge in [-0.25, -0.2) is 9.18 Å². The van der Waals surface area contributed by atoms with E-state index in [4.69, 9.17) is 33.2 Å². The van der Waals surface area contributed by atoms with Gasteiger partial charge in [0.1, 0.15) is 11.9 Å². The zero-order valence-corrected chi connectivity index (χ0v) is 17.1. The Morgan fingerprint density at radius 2 is 2.10 bits per heavy atom. The third-order valence-electron chi connectivity index (χ3n) is 5.15. The summed E-state index contributed by atoms with van der Waals surface area (Å²) in [6, 6.07) is 6.84. The second-order valence-corrected chi connectivity index (χ2v) is 8.19. The molecule has 3 rings (SSSR count). The number of halogens is 3. The van der Waals surface area contributed by atoms with Crippen LogP contribution in [0.5, 0.6) is 0 Å². The molecule has 7 nitrogen and oxygen atoms in total. The molecular formula is C19H21Cl2FN4O3. The molecule has 0 unspecified atom stereocenters. The first-order valence-electron chi connectivity index (χ1n) is 9.34. The van der Waals surface area contributed by atoms with Crippen molar-refractivity contribution >= 4 is 46.6 Å². The van der Waals surface area contributed by atoms with E-state index in [1.165, 1.54) is 11.0 Å². The summed E-state index contributed by atoms with van der Waals surface area (Å²) in [7, 11) is 0. The molecular weight excluding hydrogens is 422 g/mol. The highest BCUT2D eigenvalue weighted by Gasteiger charge is 2.33. The molecule has 10 heteroatoms. The zero-order valence-electron chi connectivity index (χ0n) is 15.6. The Bertz CT molecular complexity index is 809. The standard InChI is InChI=1S/C19H21Cl2FN4O3/c20-17(21)18(27)24-10-14-11-26(19(28)29-14)13-1-2-16(15(22)9-13)25-7-4-12(3-6-23)5-8-25/h1-2,9,12,14,17H,3-5,7-8,10-11H2,(H,24,27)/t14-/m0/s1. The number of rotatable bonds is 6. The monoisotopic (exact) mass is 442 g/mol. The number of piperidine rings is 1. The predicted octanol–water partition coefficient (Wildman–Crippen LogP) is 3.20. The highest BCUT2D eigenvalue weighted by atomic mass is 35.5. The number of carbonyl (C=O) groups excluding carboxylic acids is 2. The predicted molar refractivity (Wildman–Crippen MR) is 108 cm³/mol. The zero-order chi connectivity index (χ0) is 21.0. The van der Waals surface area contributed by atoms with Crippen molar-refractivity contribution in [1.82, 2.24) is 5.32 Å². The highest BCUT2D eigenvalue weighted by Crippen LogP contribution is 2.31. The number of cyclic esters (lactones) is 1. The minimum atomic E-state index is -1.20. The van der Waals surface area contributed by atoms with Crippen molar-refractivity contribution in [2.45, 2.75) is 30.2 Å². The lowest BCUT2D eigenvalue weighted by atomic mass is 9.94. The molecule has 1 aromatic carbocycles. The summed E-state index contributed by atoms with van der Waals surface area (Å²) in [6.07, 6.45) is 1.05. The van der Waals surface area contributed by atoms with Gasteiger partial charge in [0.05, 0.1) is 30.5 Å². The molecule has 2 aliphatic rings. The molecule has 2 aliphatic heterocycles. The first kappa shape index (κ1) is 21.5. The molecule has 2 heterocycles. The normalized spacial score (nSPS) is 20.0. The number of anilines is 2. The number of nitrogens with zero attached hydrogens (tertiary/aromatic N) is 3. The number of nitrogens with one attached hydrogen (secondary N) is 1. The fourth-order valence-corrected chi connectivity index (χ4v) is 3.71. The third kappa shape index (κ3) is 5.22. The molecule has 1 aromatic rings. The summed E-state index contributed by atoms with van der Waals surface area (Å²) in [5.41, 5.74) is 0.868. The van der Waals surface area contributed by atoms with Gasteiger partial charge < -0.3 is 15.0 Å². The van der Waals surface area contributed by atoms with Gasteiger partial charge in [0.25, 0.3) is 5.91 Å². The Hall–Kier alpha value is -2.24. The molecule has 2 saturated heterocycles. The number of carbonyl (C=O) groups is 2. The van der Waals surface area contributed by atoms with Crippen molar-refractivity contribution in [1.29, 1.82) is 5.26 Å². The van der Waals surface area contributed by atoms with Crippen molar-refractivity contribution < 1.29 is 18.7 Å². The van der Waals surface area contributed by atoms with Crippen molar-refractivity contribution in [2.24, 2.45) is 5.92 Å². The molecule has 29 heavy (non-hydrogen) atoms. The van der Waals surface area contributed by atoms with Crippen LogP contribution in [0.3, 0.4) is 0 Å². The molecule has 0 aromatic heterocycles. The van der Waals surface area contributed by atoms with Gasteiger partial charge in [-0.1, -0.05) is 23.2 Å². The Morgan fingerprint density at radius 3 is 2.72 bits per heavy atom. The molecule has 0 radical (unpaired) electrons. The Morgan fingerprint density at radius 1 is 1.38 bits per heavy atom. The first-order chi connectivity index (χ1) is 13.9. The maximum absolute atomic E-state index is 14.7. The molecule has 156 valence electrons. The molecule has 0 bridgehead atoms. The van der Waals surface area contributed by atoms with Crippen LogP contribution >= 0.6 is 23.2 Å². The Kier molecular flexibility index (Phi) is 7.04. The summed E-state index contributed by atoms with van der Waals surface area (Å²) in [4.78, 5) is 25.6. The number of benzene rings is 1. The van der Waals surface area contributed by atoms with Gasteiger partial charge in [-0.3, -0.25) is 9.69 Å². The fraction of sp³-hybridized carbons (Fsp3) is 0.526. The highest BCUT2D eigenvalue weighted by molar-refractivity contribution is 6.53. The maximum Gasteiger partial charge on any atom is 0.414 e. The molecule has 0 saturated carbocycles. The smallest absolute Gasteiger partial charge is 0.414 e. The second kappa shape index (κ2) is 9.51. The van der Waals surface area contributed by atoms with Gasteiger partial charge in [-0.2, -0.15) is 5.26 Å². The van der Waals surface area contributed by atoms with Crippen molar-refractivity contribution in [3.05, 3.63) is 24.0 Å². The van der Waals surface area contributed by atoms with Crippen molar-refractivity contribution in [2.75, 3.05) is 36.0 Å². The number of alkyl halides is 2. The van der Waals surface area contributed by atoms with E-state index in [-0.39, 0.29) is 13.1 Å². The molecule has 0 aliphatic carbocycles. The van der Waals surface area contributed by atoms with E-state index in [0.29, 0.717) is 36.8 Å². The quantitative estimate of drug-likeness (QED) is 0.683. The van der Waals surface area contributed by atoms with Crippen LogP contribution in [0.2, 0.25) is 0 Å². The molecule has 1 N–H and O–H groups in total. The lowest BCUT2D eigenvalue weighted by Crippen LogP contribution is -2.37. The minimum absolute atomic E-state index is 0.0647. The molecule has 1 atom stereocenters. The van der Waals surface area contributed by atoms with Crippen molar-refractivity contribution in [3.63, 3.8) is 0 Å². The summed E-state index contributed by atoms with van der Waals surface area (Å²) in [5, 5.41) is 11.3. The third-order valence-corrected chi connectivity index (χ3v) is 5.55. The van der Waals surface area contributed by atoms with Crippen LogP contribution < -0.4 is 15.1 Å². The van der Waals surface area contributed by atoms with E-state index < -0.39 is 28.8 Å². The van der Waals surface area contributed by atoms with Crippen LogP contribution in [-0.2, 0) is 9.53 Å². The Balaban J connectivity index is 1.61. The first-order valence-corrected chi connectivity index (χ1v) is 10.2. The Labute approximate surface area is 178 Å². The van der Waals surface area contributed by atoms with Crippen molar-refractivity contribution in [3.8, 4) is 6.07 Å². The minimum Gasteiger partial charge on any atom is -0.442 e. The summed E-state index contributed by atoms with van der Waals surface area (Å²) < 4.78 is 19.9. The SMILES string of the molecule is N#CCC1CCN(c2ccc(N3C[C@H](CNC(=O)C(Cl)Cl)OC3=O)cc2F)CC1. The fourth-order valence-electron chi connectivity index (χ4n) is 3.56. The number of nitriles is 1. The topological polar surface area (TPSA) is 85.7 Å². The summed E-state index contributed by atoms with van der Waals surface area (Å²) >= 11 is 10.9. The van der Waals surface area contributed by atoms with Gasteiger partial charge in [0, 0.05) is 19.5 Å². The average Bonchev–Trinajstić information content (AvgIpc) is 3.07. The van der Waals surface area contributed by atoms with Crippen LogP contribution in [0.1, 0.15) is 19.3 Å². The van der Waals surface area contributed by atoms with Crippen LogP contribution in [0, 0.1) is 23.1 Å². The lowest BCUT2D eigenvalue weighted by Gasteiger charge is -2.33. The van der Waals surface area contributed by atoms with Crippen LogP contribution in [0.4, 0.5) is 20.6 Å². The summed E-state index contributed by atoms with van der Waals surface area (Å²) in [5.74, 6) is -0.627. The van der Waals surface area contributed by atoms with E-state index in [2.05, 4.69) is 11.4 Å². The number of amides is 2. The molecule has 0 spiro atoms. The van der Waals surface area contributed by atoms with Crippen LogP contribution in [0.15, 0.2) is 18.2 Å². The van der Waals surface area contributed by atoms with Gasteiger partial charge in [-0.15, -0.1) is 0 Å². The van der Waals surface area contributed by atoms with Gasteiger partial charge in [0.15, 0.2) is 4.84 Å². The van der Waals surface area contributed by atoms with E-state index >= 15 is 0 Å². The van der Waals surface area contributed by atoms with Crippen LogP contribution in [0.25, 0.3) is 0 Å². The van der Waals surface area contributed by atoms with E-state index in [0.717, 1.165) is 12.8 Å². The van der Waals surface area contributed by atoms with Crippen LogP contribution in [-0.4, -0.2) is 49.1 Å². The van der Waals surface area contributed by atoms with E-state index in [1.54, 1.807) is 12.1 Å². The summed E-state index contributed by atoms with van der Waals surface area (Å²) in [6.45, 7) is 1.62. The van der Waals surface area contributed by atoms with Gasteiger partial charge in [-0.05, 0) is 37.0 Å².